The summed E-state index contributed by atoms with van der Waals surface area (Å²) in [5.41, 5.74) is 4.04. The standard InChI is InChI=1S/C19H12N2OS/c22-20-13-14-9-11-15(12-10-14)21-16-5-1-3-7-18(16)23-19-8-4-2-6-17(19)21/h1-12H. The molecule has 3 nitrogen and oxygen atoms in total. The highest BCUT2D eigenvalue weighted by Gasteiger charge is 2.23. The molecule has 1 aliphatic heterocycles. The number of anilines is 3. The third-order valence-electron chi connectivity index (χ3n) is 3.73. The largest absolute Gasteiger partial charge is 0.498 e. The third-order valence-corrected chi connectivity index (χ3v) is 4.86. The third kappa shape index (κ3) is 2.41. The summed E-state index contributed by atoms with van der Waals surface area (Å²) in [5, 5.41) is 13.0. The summed E-state index contributed by atoms with van der Waals surface area (Å²) in [6.45, 7) is 0. The van der Waals surface area contributed by atoms with Crippen LogP contribution in [0.1, 0.15) is 5.56 Å². The molecule has 0 N–H and O–H groups in total. The number of hydrogen-bond acceptors (Lipinski definition) is 3. The maximum Gasteiger partial charge on any atom is 0.336 e. The van der Waals surface area contributed by atoms with Gasteiger partial charge in [-0.2, -0.15) is 0 Å². The van der Waals surface area contributed by atoms with E-state index in [9.17, 15) is 5.21 Å². The van der Waals surface area contributed by atoms with Crippen molar-refractivity contribution < 1.29 is 0 Å². The van der Waals surface area contributed by atoms with Crippen LogP contribution < -0.4 is 4.90 Å². The number of hydrogen-bond donors (Lipinski definition) is 0. The predicted octanol–water partition coefficient (Wildman–Crippen LogP) is 5.80. The van der Waals surface area contributed by atoms with Gasteiger partial charge in [-0.3, -0.25) is 0 Å². The smallest absolute Gasteiger partial charge is 0.336 e. The molecule has 0 saturated heterocycles. The van der Waals surface area contributed by atoms with Crippen molar-refractivity contribution in [3.63, 3.8) is 0 Å². The van der Waals surface area contributed by atoms with Gasteiger partial charge in [0, 0.05) is 20.5 Å². The average Bonchev–Trinajstić information content (AvgIpc) is 2.61. The Balaban J connectivity index is 1.88. The molecule has 110 valence electrons. The highest BCUT2D eigenvalue weighted by atomic mass is 32.2. The van der Waals surface area contributed by atoms with Crippen LogP contribution in [-0.2, 0) is 0 Å². The summed E-state index contributed by atoms with van der Waals surface area (Å²) in [6.07, 6.45) is 0. The van der Waals surface area contributed by atoms with Gasteiger partial charge in [0.1, 0.15) is 5.56 Å². The van der Waals surface area contributed by atoms with Crippen molar-refractivity contribution in [1.29, 1.82) is 0 Å². The molecule has 3 aromatic carbocycles. The van der Waals surface area contributed by atoms with Gasteiger partial charge in [0.15, 0.2) is 0 Å². The maximum absolute atomic E-state index is 10.3. The van der Waals surface area contributed by atoms with E-state index in [4.69, 9.17) is 0 Å². The zero-order valence-electron chi connectivity index (χ0n) is 12.1. The molecule has 3 aromatic rings. The molecule has 1 heterocycles. The van der Waals surface area contributed by atoms with E-state index in [1.54, 1.807) is 11.8 Å². The first-order valence-electron chi connectivity index (χ1n) is 7.21. The van der Waals surface area contributed by atoms with Gasteiger partial charge in [-0.1, -0.05) is 36.0 Å². The first-order chi connectivity index (χ1) is 11.4. The highest BCUT2D eigenvalue weighted by molar-refractivity contribution is 7.99. The zero-order valence-corrected chi connectivity index (χ0v) is 13.0. The van der Waals surface area contributed by atoms with Crippen LogP contribution in [0.15, 0.2) is 82.6 Å². The summed E-state index contributed by atoms with van der Waals surface area (Å²) in [5.74, 6) is 0. The molecule has 0 saturated carbocycles. The van der Waals surface area contributed by atoms with E-state index in [0.717, 1.165) is 17.1 Å². The Kier molecular flexibility index (Phi) is 3.41. The summed E-state index contributed by atoms with van der Waals surface area (Å²) in [4.78, 5) is 4.69. The Morgan fingerprint density at radius 3 is 1.91 bits per heavy atom. The first-order valence-corrected chi connectivity index (χ1v) is 8.03. The topological polar surface area (TPSA) is 30.7 Å². The van der Waals surface area contributed by atoms with Crippen molar-refractivity contribution in [3.8, 4) is 6.07 Å². The van der Waals surface area contributed by atoms with Crippen molar-refractivity contribution in [2.75, 3.05) is 4.90 Å². The van der Waals surface area contributed by atoms with Crippen LogP contribution in [0.2, 0.25) is 0 Å². The van der Waals surface area contributed by atoms with Gasteiger partial charge >= 0.3 is 6.07 Å². The molecule has 0 aliphatic carbocycles. The minimum Gasteiger partial charge on any atom is -0.498 e. The normalized spacial score (nSPS) is 11.9. The van der Waals surface area contributed by atoms with Gasteiger partial charge < -0.3 is 10.1 Å². The van der Waals surface area contributed by atoms with Gasteiger partial charge in [0.05, 0.1) is 11.4 Å². The molecule has 1 aliphatic rings. The fourth-order valence-electron chi connectivity index (χ4n) is 2.72. The lowest BCUT2D eigenvalue weighted by Gasteiger charge is -2.32. The van der Waals surface area contributed by atoms with Crippen LogP contribution in [0.25, 0.3) is 5.01 Å². The minimum atomic E-state index is 0.678. The number of nitrogens with zero attached hydrogens (tertiary/aromatic N) is 2. The van der Waals surface area contributed by atoms with Crippen molar-refractivity contribution in [1.82, 2.24) is 0 Å². The molecular formula is C19H12N2OS. The molecule has 0 spiro atoms. The Morgan fingerprint density at radius 1 is 0.783 bits per heavy atom. The van der Waals surface area contributed by atoms with Gasteiger partial charge in [0.2, 0.25) is 0 Å². The molecule has 0 aromatic heterocycles. The molecule has 4 heteroatoms. The van der Waals surface area contributed by atoms with E-state index < -0.39 is 0 Å². The second-order valence-corrected chi connectivity index (χ2v) is 6.21. The Morgan fingerprint density at radius 2 is 1.35 bits per heavy atom. The molecule has 0 radical (unpaired) electrons. The van der Waals surface area contributed by atoms with Gasteiger partial charge in [0.25, 0.3) is 0 Å². The summed E-state index contributed by atoms with van der Waals surface area (Å²) < 4.78 is 0. The fourth-order valence-corrected chi connectivity index (χ4v) is 3.78. The number of fused-ring (bicyclic) bond motifs is 2. The van der Waals surface area contributed by atoms with Crippen LogP contribution in [0.5, 0.6) is 0 Å². The van der Waals surface area contributed by atoms with Crippen LogP contribution in [-0.4, -0.2) is 0 Å². The first kappa shape index (κ1) is 13.7. The highest BCUT2D eigenvalue weighted by Crippen LogP contribution is 2.50. The Bertz CT molecular complexity index is 880. The lowest BCUT2D eigenvalue weighted by Crippen LogP contribution is -2.14. The SMILES string of the molecule is [O-][N+]#Cc1ccc(N2c3ccccc3Sc3ccccc32)cc1. The second-order valence-electron chi connectivity index (χ2n) is 5.12. The molecule has 0 bridgehead atoms. The molecule has 0 unspecified atom stereocenters. The summed E-state index contributed by atoms with van der Waals surface area (Å²) >= 11 is 1.78. The summed E-state index contributed by atoms with van der Waals surface area (Å²) in [6, 6.07) is 26.8. The van der Waals surface area contributed by atoms with E-state index >= 15 is 0 Å². The van der Waals surface area contributed by atoms with Crippen LogP contribution >= 0.6 is 11.8 Å². The number of rotatable bonds is 1. The van der Waals surface area contributed by atoms with Gasteiger partial charge in [-0.25, -0.2) is 0 Å². The Labute approximate surface area is 138 Å². The molecule has 0 fully saturated rings. The molecule has 0 atom stereocenters. The van der Waals surface area contributed by atoms with Crippen molar-refractivity contribution in [2.24, 2.45) is 0 Å². The number of para-hydroxylation sites is 2. The quantitative estimate of drug-likeness (QED) is 0.416. The fraction of sp³-hybridized carbons (Fsp3) is 0. The molecule has 23 heavy (non-hydrogen) atoms. The van der Waals surface area contributed by atoms with Crippen molar-refractivity contribution in [3.05, 3.63) is 88.6 Å². The molecule has 4 rings (SSSR count). The van der Waals surface area contributed by atoms with Crippen LogP contribution in [0.3, 0.4) is 0 Å². The van der Waals surface area contributed by atoms with E-state index in [1.165, 1.54) is 9.79 Å². The molecule has 0 amide bonds. The lowest BCUT2D eigenvalue weighted by molar-refractivity contribution is 1.17. The van der Waals surface area contributed by atoms with Gasteiger partial charge in [-0.05, 0) is 48.5 Å². The second kappa shape index (κ2) is 5.71. The minimum absolute atomic E-state index is 0.678. The van der Waals surface area contributed by atoms with E-state index in [2.05, 4.69) is 52.4 Å². The van der Waals surface area contributed by atoms with Crippen molar-refractivity contribution in [2.45, 2.75) is 9.79 Å². The molecular weight excluding hydrogens is 304 g/mol. The van der Waals surface area contributed by atoms with Crippen LogP contribution in [0.4, 0.5) is 17.1 Å². The lowest BCUT2D eigenvalue weighted by atomic mass is 10.1. The number of benzene rings is 3. The summed E-state index contributed by atoms with van der Waals surface area (Å²) in [7, 11) is 0. The maximum atomic E-state index is 10.3. The predicted molar refractivity (Wildman–Crippen MR) is 95.0 cm³/mol. The van der Waals surface area contributed by atoms with E-state index in [-0.39, 0.29) is 0 Å². The van der Waals surface area contributed by atoms with Gasteiger partial charge in [-0.15, -0.1) is 0 Å². The van der Waals surface area contributed by atoms with Crippen molar-refractivity contribution >= 4 is 28.8 Å². The monoisotopic (exact) mass is 316 g/mol. The van der Waals surface area contributed by atoms with E-state index in [1.807, 2.05) is 36.4 Å². The van der Waals surface area contributed by atoms with E-state index in [0.29, 0.717) is 5.56 Å². The van der Waals surface area contributed by atoms with Crippen LogP contribution in [0, 0.1) is 11.3 Å². The average molecular weight is 316 g/mol. The zero-order chi connectivity index (χ0) is 15.6. The Hall–Kier alpha value is -2.90.